The van der Waals surface area contributed by atoms with Gasteiger partial charge in [-0.25, -0.2) is 9.97 Å². The van der Waals surface area contributed by atoms with Crippen LogP contribution < -0.4 is 15.6 Å². The first kappa shape index (κ1) is 15.8. The monoisotopic (exact) mass is 354 g/mol. The molecule has 0 aliphatic carbocycles. The zero-order valence-corrected chi connectivity index (χ0v) is 14.0. The second-order valence-corrected chi connectivity index (χ2v) is 5.61. The van der Waals surface area contributed by atoms with E-state index in [2.05, 4.69) is 20.3 Å². The Kier molecular flexibility index (Phi) is 3.64. The topological polar surface area (TPSA) is 117 Å². The first-order valence-corrected chi connectivity index (χ1v) is 7.66. The fourth-order valence-corrected chi connectivity index (χ4v) is 2.56. The van der Waals surface area contributed by atoms with Crippen molar-refractivity contribution < 1.29 is 13.9 Å². The van der Waals surface area contributed by atoms with Crippen LogP contribution in [0.3, 0.4) is 0 Å². The van der Waals surface area contributed by atoms with Crippen molar-refractivity contribution in [2.24, 2.45) is 7.05 Å². The van der Waals surface area contributed by atoms with Crippen LogP contribution in [0.4, 0.5) is 6.01 Å². The number of nitrogens with one attached hydrogen (secondary N) is 1. The summed E-state index contributed by atoms with van der Waals surface area (Å²) < 4.78 is 13.4. The number of anilines is 1. The summed E-state index contributed by atoms with van der Waals surface area (Å²) in [5.41, 5.74) is 1.34. The fraction of sp³-hybridized carbons (Fsp3) is 0.188. The predicted molar refractivity (Wildman–Crippen MR) is 92.0 cm³/mol. The van der Waals surface area contributed by atoms with Gasteiger partial charge in [0, 0.05) is 13.1 Å². The Labute approximate surface area is 146 Å². The molecule has 3 aromatic heterocycles. The second-order valence-electron chi connectivity index (χ2n) is 5.61. The molecule has 0 atom stereocenters. The quantitative estimate of drug-likeness (QED) is 0.579. The van der Waals surface area contributed by atoms with Crippen molar-refractivity contribution >= 4 is 34.2 Å². The molecule has 3 heterocycles. The minimum Gasteiger partial charge on any atom is -0.497 e. The number of methoxy groups -OCH3 is 1. The van der Waals surface area contributed by atoms with Crippen LogP contribution in [0.25, 0.3) is 22.3 Å². The largest absolute Gasteiger partial charge is 0.497 e. The smallest absolute Gasteiger partial charge is 0.302 e. The van der Waals surface area contributed by atoms with Crippen LogP contribution in [-0.2, 0) is 18.4 Å². The predicted octanol–water partition coefficient (Wildman–Crippen LogP) is 0.918. The normalized spacial score (nSPS) is 11.2. The molecule has 1 amide bonds. The third-order valence-corrected chi connectivity index (χ3v) is 3.85. The van der Waals surface area contributed by atoms with E-state index in [1.807, 2.05) is 0 Å². The summed E-state index contributed by atoms with van der Waals surface area (Å²) in [5.74, 6) is 0.216. The lowest BCUT2D eigenvalue weighted by atomic mass is 10.3. The first-order valence-electron chi connectivity index (χ1n) is 7.66. The van der Waals surface area contributed by atoms with E-state index >= 15 is 0 Å². The van der Waals surface area contributed by atoms with Crippen LogP contribution in [0.5, 0.6) is 5.75 Å². The Morgan fingerprint density at radius 2 is 2.12 bits per heavy atom. The molecule has 4 aromatic rings. The van der Waals surface area contributed by atoms with E-state index in [0.717, 1.165) is 0 Å². The van der Waals surface area contributed by atoms with Gasteiger partial charge in [-0.15, -0.1) is 0 Å². The van der Waals surface area contributed by atoms with Crippen molar-refractivity contribution in [2.45, 2.75) is 6.54 Å². The van der Waals surface area contributed by atoms with Crippen molar-refractivity contribution in [3.63, 3.8) is 0 Å². The molecule has 1 aromatic carbocycles. The number of amides is 1. The standard InChI is InChI=1S/C16H14N6O4/c1-21-7-17-14-13(15(21)24)22(8-18-14)6-12(23)20-16-19-10-4-3-9(25-2)5-11(10)26-16/h3-5,7-8H,6H2,1-2H3,(H,19,20,23). The van der Waals surface area contributed by atoms with Gasteiger partial charge in [0.05, 0.1) is 19.8 Å². The number of fused-ring (bicyclic) bond motifs is 2. The van der Waals surface area contributed by atoms with E-state index in [9.17, 15) is 9.59 Å². The van der Waals surface area contributed by atoms with Gasteiger partial charge in [-0.2, -0.15) is 4.98 Å². The maximum atomic E-state index is 12.3. The van der Waals surface area contributed by atoms with Crippen LogP contribution in [0, 0.1) is 0 Å². The minimum absolute atomic E-state index is 0.0636. The molecule has 10 nitrogen and oxygen atoms in total. The van der Waals surface area contributed by atoms with Gasteiger partial charge < -0.3 is 18.3 Å². The molecule has 0 saturated carbocycles. The summed E-state index contributed by atoms with van der Waals surface area (Å²) in [7, 11) is 3.13. The van der Waals surface area contributed by atoms with Crippen LogP contribution in [-0.4, -0.2) is 37.1 Å². The molecule has 10 heteroatoms. The first-order chi connectivity index (χ1) is 12.5. The van der Waals surface area contributed by atoms with E-state index in [1.165, 1.54) is 21.8 Å². The van der Waals surface area contributed by atoms with E-state index < -0.39 is 5.91 Å². The maximum absolute atomic E-state index is 12.3. The summed E-state index contributed by atoms with van der Waals surface area (Å²) in [6.07, 6.45) is 2.78. The highest BCUT2D eigenvalue weighted by atomic mass is 16.5. The summed E-state index contributed by atoms with van der Waals surface area (Å²) in [5, 5.41) is 2.57. The van der Waals surface area contributed by atoms with Crippen molar-refractivity contribution in [3.05, 3.63) is 41.2 Å². The maximum Gasteiger partial charge on any atom is 0.302 e. The van der Waals surface area contributed by atoms with Crippen molar-refractivity contribution in [1.29, 1.82) is 0 Å². The Bertz CT molecular complexity index is 1190. The number of carbonyl (C=O) groups excluding carboxylic acids is 1. The molecule has 0 aliphatic rings. The zero-order valence-electron chi connectivity index (χ0n) is 14.0. The Morgan fingerprint density at radius 3 is 2.92 bits per heavy atom. The van der Waals surface area contributed by atoms with Crippen molar-refractivity contribution in [2.75, 3.05) is 12.4 Å². The molecule has 0 unspecified atom stereocenters. The molecule has 1 N–H and O–H groups in total. The minimum atomic E-state index is -0.409. The van der Waals surface area contributed by atoms with E-state index in [0.29, 0.717) is 16.8 Å². The second kappa shape index (κ2) is 5.99. The van der Waals surface area contributed by atoms with Crippen molar-refractivity contribution in [1.82, 2.24) is 24.1 Å². The summed E-state index contributed by atoms with van der Waals surface area (Å²) in [4.78, 5) is 36.8. The number of aryl methyl sites for hydroxylation is 1. The lowest BCUT2D eigenvalue weighted by Gasteiger charge is -2.03. The molecule has 0 spiro atoms. The van der Waals surface area contributed by atoms with Crippen LogP contribution in [0.1, 0.15) is 0 Å². The number of hydrogen-bond acceptors (Lipinski definition) is 7. The van der Waals surface area contributed by atoms with Crippen LogP contribution >= 0.6 is 0 Å². The number of rotatable bonds is 4. The van der Waals surface area contributed by atoms with Gasteiger partial charge in [0.15, 0.2) is 16.7 Å². The average molecular weight is 354 g/mol. The molecule has 0 radical (unpaired) electrons. The highest BCUT2D eigenvalue weighted by Crippen LogP contribution is 2.23. The summed E-state index contributed by atoms with van der Waals surface area (Å²) in [6.45, 7) is -0.126. The molecule has 0 saturated heterocycles. The number of imidazole rings is 1. The third-order valence-electron chi connectivity index (χ3n) is 3.85. The van der Waals surface area contributed by atoms with Gasteiger partial charge in [-0.1, -0.05) is 0 Å². The highest BCUT2D eigenvalue weighted by molar-refractivity contribution is 5.90. The van der Waals surface area contributed by atoms with Gasteiger partial charge in [0.25, 0.3) is 5.56 Å². The highest BCUT2D eigenvalue weighted by Gasteiger charge is 2.14. The summed E-state index contributed by atoms with van der Waals surface area (Å²) >= 11 is 0. The number of benzene rings is 1. The number of hydrogen-bond donors (Lipinski definition) is 1. The third kappa shape index (κ3) is 2.66. The van der Waals surface area contributed by atoms with Crippen molar-refractivity contribution in [3.8, 4) is 5.75 Å². The number of aromatic nitrogens is 5. The molecule has 4 rings (SSSR count). The average Bonchev–Trinajstić information content (AvgIpc) is 3.21. The Balaban J connectivity index is 1.58. The molecule has 26 heavy (non-hydrogen) atoms. The fourth-order valence-electron chi connectivity index (χ4n) is 2.56. The molecular weight excluding hydrogens is 340 g/mol. The molecular formula is C16H14N6O4. The van der Waals surface area contributed by atoms with Crippen LogP contribution in [0.15, 0.2) is 40.1 Å². The summed E-state index contributed by atoms with van der Waals surface area (Å²) in [6, 6.07) is 5.22. The van der Waals surface area contributed by atoms with Gasteiger partial charge >= 0.3 is 6.01 Å². The Hall–Kier alpha value is -3.69. The van der Waals surface area contributed by atoms with Gasteiger partial charge in [0.2, 0.25) is 5.91 Å². The van der Waals surface area contributed by atoms with Crippen LogP contribution in [0.2, 0.25) is 0 Å². The zero-order chi connectivity index (χ0) is 18.3. The Morgan fingerprint density at radius 1 is 1.31 bits per heavy atom. The molecule has 0 aliphatic heterocycles. The van der Waals surface area contributed by atoms with Gasteiger partial charge in [-0.3, -0.25) is 14.9 Å². The lowest BCUT2D eigenvalue weighted by Crippen LogP contribution is -2.23. The lowest BCUT2D eigenvalue weighted by molar-refractivity contribution is -0.116. The number of nitrogens with zero attached hydrogens (tertiary/aromatic N) is 5. The number of carbonyl (C=O) groups is 1. The number of ether oxygens (including phenoxy) is 1. The molecule has 132 valence electrons. The number of oxazole rings is 1. The van der Waals surface area contributed by atoms with E-state index in [4.69, 9.17) is 9.15 Å². The molecule has 0 bridgehead atoms. The van der Waals surface area contributed by atoms with Gasteiger partial charge in [0.1, 0.15) is 17.8 Å². The van der Waals surface area contributed by atoms with E-state index in [1.54, 1.807) is 32.4 Å². The van der Waals surface area contributed by atoms with Gasteiger partial charge in [-0.05, 0) is 12.1 Å². The van der Waals surface area contributed by atoms with E-state index in [-0.39, 0.29) is 29.3 Å². The molecule has 0 fully saturated rings. The SMILES string of the molecule is COc1ccc2nc(NC(=O)Cn3cnc4ncn(C)c(=O)c43)oc2c1.